The zero-order valence-corrected chi connectivity index (χ0v) is 7.58. The van der Waals surface area contributed by atoms with E-state index in [0.29, 0.717) is 0 Å². The third kappa shape index (κ3) is 3.88. The van der Waals surface area contributed by atoms with E-state index in [-0.39, 0.29) is 24.9 Å². The lowest BCUT2D eigenvalue weighted by Gasteiger charge is -2.03. The lowest BCUT2D eigenvalue weighted by Crippen LogP contribution is -2.35. The van der Waals surface area contributed by atoms with Gasteiger partial charge in [-0.25, -0.2) is 4.79 Å². The third-order valence-electron chi connectivity index (χ3n) is 1.77. The lowest BCUT2D eigenvalue weighted by molar-refractivity contribution is -0.150. The minimum Gasteiger partial charge on any atom is -0.474 e. The minimum atomic E-state index is -1.53. The van der Waals surface area contributed by atoms with Gasteiger partial charge < -0.3 is 15.7 Å². The van der Waals surface area contributed by atoms with Gasteiger partial charge in [0.05, 0.1) is 0 Å². The Morgan fingerprint density at radius 2 is 1.93 bits per heavy atom. The van der Waals surface area contributed by atoms with Crippen LogP contribution in [-0.4, -0.2) is 35.5 Å². The molecule has 0 saturated heterocycles. The summed E-state index contributed by atoms with van der Waals surface area (Å²) in [6, 6.07) is 0.290. The summed E-state index contributed by atoms with van der Waals surface area (Å²) in [5, 5.41) is 13.0. The van der Waals surface area contributed by atoms with E-state index in [0.717, 1.165) is 12.8 Å². The highest BCUT2D eigenvalue weighted by atomic mass is 16.4. The van der Waals surface area contributed by atoms with Crippen LogP contribution in [0.3, 0.4) is 0 Å². The van der Waals surface area contributed by atoms with Crippen molar-refractivity contribution in [3.8, 4) is 0 Å². The summed E-state index contributed by atoms with van der Waals surface area (Å²) >= 11 is 0. The molecule has 78 valence electrons. The number of amides is 2. The van der Waals surface area contributed by atoms with Gasteiger partial charge in [-0.3, -0.25) is 9.59 Å². The molecule has 2 amide bonds. The molecule has 1 rings (SSSR count). The van der Waals surface area contributed by atoms with Crippen LogP contribution in [0.2, 0.25) is 0 Å². The van der Waals surface area contributed by atoms with Crippen LogP contribution in [0.25, 0.3) is 0 Å². The van der Waals surface area contributed by atoms with Crippen LogP contribution in [-0.2, 0) is 14.4 Å². The second-order valence-electron chi connectivity index (χ2n) is 3.15. The first kappa shape index (κ1) is 10.5. The standard InChI is InChI=1S/C8H12N2O4/c11-6(10-5-1-2-5)3-4-9-7(12)8(13)14/h5H,1-4H2,(H,9,12)(H,10,11)(H,13,14). The van der Waals surface area contributed by atoms with Crippen LogP contribution in [0.1, 0.15) is 19.3 Å². The van der Waals surface area contributed by atoms with Crippen LogP contribution < -0.4 is 10.6 Å². The molecule has 1 saturated carbocycles. The molecule has 0 aliphatic heterocycles. The van der Waals surface area contributed by atoms with Gasteiger partial charge in [0.1, 0.15) is 0 Å². The fourth-order valence-electron chi connectivity index (χ4n) is 0.893. The fraction of sp³-hybridized carbons (Fsp3) is 0.625. The lowest BCUT2D eigenvalue weighted by atomic mass is 10.4. The highest BCUT2D eigenvalue weighted by Crippen LogP contribution is 2.18. The van der Waals surface area contributed by atoms with Crippen molar-refractivity contribution in [1.82, 2.24) is 10.6 Å². The minimum absolute atomic E-state index is 0.0592. The molecule has 0 aromatic heterocycles. The van der Waals surface area contributed by atoms with Crippen molar-refractivity contribution in [2.24, 2.45) is 0 Å². The van der Waals surface area contributed by atoms with Crippen molar-refractivity contribution in [3.63, 3.8) is 0 Å². The molecule has 1 aliphatic rings. The van der Waals surface area contributed by atoms with Gasteiger partial charge in [0, 0.05) is 19.0 Å². The van der Waals surface area contributed by atoms with E-state index < -0.39 is 11.9 Å². The summed E-state index contributed by atoms with van der Waals surface area (Å²) in [5.74, 6) is -2.77. The molecule has 0 bridgehead atoms. The summed E-state index contributed by atoms with van der Waals surface area (Å²) < 4.78 is 0. The summed E-state index contributed by atoms with van der Waals surface area (Å²) in [4.78, 5) is 31.6. The second-order valence-corrected chi connectivity index (χ2v) is 3.15. The molecule has 0 radical (unpaired) electrons. The first-order valence-electron chi connectivity index (χ1n) is 4.40. The summed E-state index contributed by atoms with van der Waals surface area (Å²) in [6.07, 6.45) is 2.13. The Morgan fingerprint density at radius 1 is 1.29 bits per heavy atom. The molecule has 0 aromatic carbocycles. The van der Waals surface area contributed by atoms with Gasteiger partial charge in [-0.05, 0) is 12.8 Å². The summed E-state index contributed by atoms with van der Waals surface area (Å²) in [5.41, 5.74) is 0. The normalized spacial score (nSPS) is 14.6. The number of carboxylic acid groups (broad SMARTS) is 1. The van der Waals surface area contributed by atoms with E-state index in [1.54, 1.807) is 0 Å². The van der Waals surface area contributed by atoms with Gasteiger partial charge in [-0.15, -0.1) is 0 Å². The van der Waals surface area contributed by atoms with Gasteiger partial charge in [0.25, 0.3) is 0 Å². The van der Waals surface area contributed by atoms with E-state index in [1.807, 2.05) is 0 Å². The molecule has 1 aliphatic carbocycles. The molecule has 0 unspecified atom stereocenters. The Balaban J connectivity index is 2.04. The molecule has 0 aromatic rings. The van der Waals surface area contributed by atoms with Crippen LogP contribution in [0.15, 0.2) is 0 Å². The quantitative estimate of drug-likeness (QED) is 0.499. The molecule has 6 nitrogen and oxygen atoms in total. The van der Waals surface area contributed by atoms with E-state index >= 15 is 0 Å². The molecule has 6 heteroatoms. The van der Waals surface area contributed by atoms with E-state index in [4.69, 9.17) is 5.11 Å². The van der Waals surface area contributed by atoms with Crippen molar-refractivity contribution in [2.45, 2.75) is 25.3 Å². The predicted molar refractivity (Wildman–Crippen MR) is 46.4 cm³/mol. The highest BCUT2D eigenvalue weighted by Gasteiger charge is 2.22. The van der Waals surface area contributed by atoms with Gasteiger partial charge in [0.15, 0.2) is 0 Å². The fourth-order valence-corrected chi connectivity index (χ4v) is 0.893. The molecule has 0 spiro atoms. The Morgan fingerprint density at radius 3 is 2.43 bits per heavy atom. The number of aliphatic carboxylic acids is 1. The van der Waals surface area contributed by atoms with Gasteiger partial charge in [-0.2, -0.15) is 0 Å². The number of hydrogen-bond donors (Lipinski definition) is 3. The zero-order chi connectivity index (χ0) is 10.6. The van der Waals surface area contributed by atoms with Gasteiger partial charge in [-0.1, -0.05) is 0 Å². The SMILES string of the molecule is O=C(CCNC(=O)C(=O)O)NC1CC1. The number of carbonyl (C=O) groups is 3. The largest absolute Gasteiger partial charge is 0.474 e. The Labute approximate surface area is 80.7 Å². The van der Waals surface area contributed by atoms with Crippen LogP contribution in [0.4, 0.5) is 0 Å². The van der Waals surface area contributed by atoms with Gasteiger partial charge >= 0.3 is 11.9 Å². The third-order valence-corrected chi connectivity index (χ3v) is 1.77. The van der Waals surface area contributed by atoms with E-state index in [1.165, 1.54) is 0 Å². The van der Waals surface area contributed by atoms with Crippen molar-refractivity contribution >= 4 is 17.8 Å². The second kappa shape index (κ2) is 4.59. The van der Waals surface area contributed by atoms with Crippen molar-refractivity contribution in [3.05, 3.63) is 0 Å². The average molecular weight is 200 g/mol. The zero-order valence-electron chi connectivity index (χ0n) is 7.58. The van der Waals surface area contributed by atoms with Crippen LogP contribution >= 0.6 is 0 Å². The molecule has 14 heavy (non-hydrogen) atoms. The summed E-state index contributed by atoms with van der Waals surface area (Å²) in [7, 11) is 0. The number of rotatable bonds is 4. The predicted octanol–water partition coefficient (Wildman–Crippen LogP) is -1.14. The van der Waals surface area contributed by atoms with Crippen molar-refractivity contribution in [1.29, 1.82) is 0 Å². The molecule has 1 fully saturated rings. The Hall–Kier alpha value is -1.59. The van der Waals surface area contributed by atoms with Crippen LogP contribution in [0, 0.1) is 0 Å². The monoisotopic (exact) mass is 200 g/mol. The van der Waals surface area contributed by atoms with Crippen molar-refractivity contribution in [2.75, 3.05) is 6.54 Å². The Bertz CT molecular complexity index is 260. The number of carbonyl (C=O) groups excluding carboxylic acids is 2. The summed E-state index contributed by atoms with van der Waals surface area (Å²) in [6.45, 7) is 0.0592. The maximum absolute atomic E-state index is 11.0. The number of hydrogen-bond acceptors (Lipinski definition) is 3. The average Bonchev–Trinajstić information content (AvgIpc) is 2.87. The molecule has 0 heterocycles. The topological polar surface area (TPSA) is 95.5 Å². The Kier molecular flexibility index (Phi) is 3.44. The first-order valence-corrected chi connectivity index (χ1v) is 4.40. The first-order chi connectivity index (χ1) is 6.59. The highest BCUT2D eigenvalue weighted by molar-refractivity contribution is 6.31. The van der Waals surface area contributed by atoms with E-state index in [2.05, 4.69) is 10.6 Å². The maximum Gasteiger partial charge on any atom is 0.394 e. The van der Waals surface area contributed by atoms with Crippen LogP contribution in [0.5, 0.6) is 0 Å². The van der Waals surface area contributed by atoms with Gasteiger partial charge in [0.2, 0.25) is 5.91 Å². The number of nitrogens with one attached hydrogen (secondary N) is 2. The molecular formula is C8H12N2O4. The van der Waals surface area contributed by atoms with E-state index in [9.17, 15) is 14.4 Å². The van der Waals surface area contributed by atoms with Crippen molar-refractivity contribution < 1.29 is 19.5 Å². The molecular weight excluding hydrogens is 188 g/mol. The smallest absolute Gasteiger partial charge is 0.394 e. The molecule has 3 N–H and O–H groups in total. The maximum atomic E-state index is 11.0. The molecule has 0 atom stereocenters. The number of carboxylic acids is 1.